The molecular formula is C19H19Cl2N3O2S. The zero-order valence-corrected chi connectivity index (χ0v) is 17.5. The minimum Gasteiger partial charge on any atom is -0.383 e. The lowest BCUT2D eigenvalue weighted by Gasteiger charge is -2.11. The van der Waals surface area contributed by atoms with Crippen LogP contribution in [0.3, 0.4) is 0 Å². The van der Waals surface area contributed by atoms with Crippen molar-refractivity contribution in [3.63, 3.8) is 0 Å². The Morgan fingerprint density at radius 2 is 1.89 bits per heavy atom. The van der Waals surface area contributed by atoms with Gasteiger partial charge in [0.05, 0.1) is 26.9 Å². The van der Waals surface area contributed by atoms with E-state index in [2.05, 4.69) is 4.99 Å². The van der Waals surface area contributed by atoms with Crippen molar-refractivity contribution >= 4 is 56.3 Å². The second kappa shape index (κ2) is 8.44. The van der Waals surface area contributed by atoms with Crippen molar-refractivity contribution in [3.8, 4) is 0 Å². The molecule has 0 saturated heterocycles. The molecule has 0 unspecified atom stereocenters. The van der Waals surface area contributed by atoms with Crippen LogP contribution >= 0.6 is 34.5 Å². The lowest BCUT2D eigenvalue weighted by molar-refractivity contribution is 0.0997. The zero-order valence-electron chi connectivity index (χ0n) is 15.2. The minimum absolute atomic E-state index is 0.305. The Hall–Kier alpha value is -1.86. The number of fused-ring (bicyclic) bond motifs is 1. The highest BCUT2D eigenvalue weighted by Crippen LogP contribution is 2.32. The van der Waals surface area contributed by atoms with Crippen LogP contribution in [0, 0.1) is 0 Å². The number of carbonyl (C=O) groups is 1. The Balaban J connectivity index is 2.08. The summed E-state index contributed by atoms with van der Waals surface area (Å²) < 4.78 is 7.98. The summed E-state index contributed by atoms with van der Waals surface area (Å²) in [6, 6.07) is 11.0. The molecule has 0 fully saturated rings. The Kier molecular flexibility index (Phi) is 6.22. The van der Waals surface area contributed by atoms with Crippen molar-refractivity contribution in [2.75, 3.05) is 32.7 Å². The number of anilines is 1. The van der Waals surface area contributed by atoms with Crippen molar-refractivity contribution in [2.45, 2.75) is 6.54 Å². The van der Waals surface area contributed by atoms with Crippen LogP contribution in [0.2, 0.25) is 10.0 Å². The first-order chi connectivity index (χ1) is 12.9. The summed E-state index contributed by atoms with van der Waals surface area (Å²) in [4.78, 5) is 19.5. The van der Waals surface area contributed by atoms with Gasteiger partial charge in [-0.1, -0.05) is 34.5 Å². The summed E-state index contributed by atoms with van der Waals surface area (Å²) in [5.74, 6) is -0.305. The fraction of sp³-hybridized carbons (Fsp3) is 0.263. The van der Waals surface area contributed by atoms with Gasteiger partial charge in [-0.3, -0.25) is 4.79 Å². The first kappa shape index (κ1) is 19.9. The van der Waals surface area contributed by atoms with E-state index in [0.29, 0.717) is 33.6 Å². The smallest absolute Gasteiger partial charge is 0.279 e. The number of amides is 1. The summed E-state index contributed by atoms with van der Waals surface area (Å²) in [7, 11) is 5.52. The van der Waals surface area contributed by atoms with E-state index < -0.39 is 0 Å². The average Bonchev–Trinajstić information content (AvgIpc) is 3.00. The molecule has 142 valence electrons. The molecule has 5 nitrogen and oxygen atoms in total. The number of aromatic nitrogens is 1. The highest BCUT2D eigenvalue weighted by molar-refractivity contribution is 7.16. The molecule has 1 heterocycles. The number of ether oxygens (including phenoxy) is 1. The molecule has 1 amide bonds. The summed E-state index contributed by atoms with van der Waals surface area (Å²) in [5, 5.41) is 0.913. The third-order valence-electron chi connectivity index (χ3n) is 4.08. The number of hydrogen-bond acceptors (Lipinski definition) is 4. The summed E-state index contributed by atoms with van der Waals surface area (Å²) in [6.07, 6.45) is 0. The number of carbonyl (C=O) groups excluding carboxylic acids is 1. The standard InChI is InChI=1S/C19H19Cl2N3O2S/c1-23(2)13-6-4-12(5-7-13)18(25)22-19-24(10-11-26-3)17-15(27-19)9-8-14(20)16(17)21/h4-9H,10-11H2,1-3H3. The van der Waals surface area contributed by atoms with Crippen molar-refractivity contribution < 1.29 is 9.53 Å². The first-order valence-electron chi connectivity index (χ1n) is 8.25. The highest BCUT2D eigenvalue weighted by Gasteiger charge is 2.14. The minimum atomic E-state index is -0.305. The quantitative estimate of drug-likeness (QED) is 0.608. The molecule has 0 aliphatic carbocycles. The third-order valence-corrected chi connectivity index (χ3v) is 5.92. The molecule has 3 rings (SSSR count). The molecule has 0 aliphatic heterocycles. The van der Waals surface area contributed by atoms with Gasteiger partial charge in [-0.15, -0.1) is 0 Å². The molecular weight excluding hydrogens is 405 g/mol. The van der Waals surface area contributed by atoms with Gasteiger partial charge in [0, 0.05) is 39.0 Å². The van der Waals surface area contributed by atoms with E-state index in [9.17, 15) is 4.79 Å². The first-order valence-corrected chi connectivity index (χ1v) is 9.82. The number of rotatable bonds is 5. The molecule has 0 atom stereocenters. The molecule has 0 spiro atoms. The van der Waals surface area contributed by atoms with E-state index in [-0.39, 0.29) is 5.91 Å². The maximum Gasteiger partial charge on any atom is 0.279 e. The van der Waals surface area contributed by atoms with E-state index in [1.807, 2.05) is 41.8 Å². The van der Waals surface area contributed by atoms with E-state index in [0.717, 1.165) is 15.9 Å². The van der Waals surface area contributed by atoms with Gasteiger partial charge in [0.15, 0.2) is 4.80 Å². The molecule has 0 aliphatic rings. The van der Waals surface area contributed by atoms with Crippen LogP contribution < -0.4 is 9.70 Å². The molecule has 8 heteroatoms. The molecule has 0 bridgehead atoms. The van der Waals surface area contributed by atoms with Gasteiger partial charge in [0.1, 0.15) is 0 Å². The third kappa shape index (κ3) is 4.19. The SMILES string of the molecule is COCCn1c(=NC(=O)c2ccc(N(C)C)cc2)sc2ccc(Cl)c(Cl)c21. The normalized spacial score (nSPS) is 12.0. The van der Waals surface area contributed by atoms with Gasteiger partial charge >= 0.3 is 0 Å². The van der Waals surface area contributed by atoms with Crippen LogP contribution in [0.25, 0.3) is 10.2 Å². The maximum atomic E-state index is 12.7. The molecule has 0 N–H and O–H groups in total. The largest absolute Gasteiger partial charge is 0.383 e. The van der Waals surface area contributed by atoms with Crippen LogP contribution in [-0.4, -0.2) is 38.3 Å². The fourth-order valence-corrected chi connectivity index (χ4v) is 4.17. The van der Waals surface area contributed by atoms with E-state index in [1.165, 1.54) is 11.3 Å². The lowest BCUT2D eigenvalue weighted by Crippen LogP contribution is -2.19. The van der Waals surface area contributed by atoms with Gasteiger partial charge in [-0.25, -0.2) is 0 Å². The van der Waals surface area contributed by atoms with E-state index in [1.54, 1.807) is 25.3 Å². The molecule has 0 saturated carbocycles. The molecule has 27 heavy (non-hydrogen) atoms. The monoisotopic (exact) mass is 423 g/mol. The second-order valence-electron chi connectivity index (χ2n) is 6.10. The topological polar surface area (TPSA) is 46.8 Å². The number of methoxy groups -OCH3 is 1. The van der Waals surface area contributed by atoms with E-state index in [4.69, 9.17) is 27.9 Å². The van der Waals surface area contributed by atoms with Crippen LogP contribution in [0.5, 0.6) is 0 Å². The number of nitrogens with zero attached hydrogens (tertiary/aromatic N) is 3. The van der Waals surface area contributed by atoms with Gasteiger partial charge in [0.2, 0.25) is 0 Å². The fourth-order valence-electron chi connectivity index (χ4n) is 2.63. The maximum absolute atomic E-state index is 12.7. The van der Waals surface area contributed by atoms with Crippen LogP contribution in [0.1, 0.15) is 10.4 Å². The lowest BCUT2D eigenvalue weighted by atomic mass is 10.2. The van der Waals surface area contributed by atoms with Gasteiger partial charge in [0.25, 0.3) is 5.91 Å². The van der Waals surface area contributed by atoms with Crippen LogP contribution in [0.4, 0.5) is 5.69 Å². The van der Waals surface area contributed by atoms with Gasteiger partial charge in [-0.2, -0.15) is 4.99 Å². The van der Waals surface area contributed by atoms with Crippen molar-refractivity contribution in [2.24, 2.45) is 4.99 Å². The Morgan fingerprint density at radius 1 is 1.19 bits per heavy atom. The number of halogens is 2. The Labute approximate surface area is 171 Å². The number of hydrogen-bond donors (Lipinski definition) is 0. The summed E-state index contributed by atoms with van der Waals surface area (Å²) >= 11 is 14.0. The van der Waals surface area contributed by atoms with Crippen molar-refractivity contribution in [1.29, 1.82) is 0 Å². The predicted octanol–water partition coefficient (Wildman–Crippen LogP) is 4.46. The van der Waals surface area contributed by atoms with Crippen molar-refractivity contribution in [1.82, 2.24) is 4.57 Å². The summed E-state index contributed by atoms with van der Waals surface area (Å²) in [6.45, 7) is 0.982. The highest BCUT2D eigenvalue weighted by atomic mass is 35.5. The Morgan fingerprint density at radius 3 is 2.52 bits per heavy atom. The van der Waals surface area contributed by atoms with Gasteiger partial charge < -0.3 is 14.2 Å². The summed E-state index contributed by atoms with van der Waals surface area (Å²) in [5.41, 5.74) is 2.31. The molecule has 2 aromatic carbocycles. The number of benzene rings is 2. The average molecular weight is 424 g/mol. The second-order valence-corrected chi connectivity index (χ2v) is 7.89. The molecule has 3 aromatic rings. The molecule has 1 aromatic heterocycles. The van der Waals surface area contributed by atoms with E-state index >= 15 is 0 Å². The molecule has 0 radical (unpaired) electrons. The van der Waals surface area contributed by atoms with Crippen LogP contribution in [-0.2, 0) is 11.3 Å². The Bertz CT molecular complexity index is 1040. The predicted molar refractivity (Wildman–Crippen MR) is 112 cm³/mol. The van der Waals surface area contributed by atoms with Crippen LogP contribution in [0.15, 0.2) is 41.4 Å². The zero-order chi connectivity index (χ0) is 19.6. The number of thiazole rings is 1. The van der Waals surface area contributed by atoms with Gasteiger partial charge in [-0.05, 0) is 36.4 Å². The van der Waals surface area contributed by atoms with Crippen molar-refractivity contribution in [3.05, 3.63) is 56.8 Å².